The molecule has 3 nitrogen and oxygen atoms in total. The van der Waals surface area contributed by atoms with Crippen molar-refractivity contribution < 1.29 is 14.6 Å². The summed E-state index contributed by atoms with van der Waals surface area (Å²) in [6.07, 6.45) is 2.84. The van der Waals surface area contributed by atoms with Crippen molar-refractivity contribution in [2.45, 2.75) is 18.8 Å². The zero-order chi connectivity index (χ0) is 20.7. The number of hydrogen-bond acceptors (Lipinski definition) is 3. The lowest BCUT2D eigenvalue weighted by molar-refractivity contribution is 0.0600. The molecule has 0 fully saturated rings. The molecule has 0 aliphatic heterocycles. The third-order valence-corrected chi connectivity index (χ3v) is 5.28. The Kier molecular flexibility index (Phi) is 6.63. The van der Waals surface area contributed by atoms with Gasteiger partial charge in [0.15, 0.2) is 0 Å². The number of benzene rings is 3. The first-order chi connectivity index (χ1) is 14.1. The van der Waals surface area contributed by atoms with Crippen LogP contribution in [0.1, 0.15) is 40.4 Å². The number of allylic oxidation sites excluding steroid dienone is 1. The van der Waals surface area contributed by atoms with Crippen LogP contribution in [0.4, 0.5) is 0 Å². The number of carbonyl (C=O) groups is 1. The highest BCUT2D eigenvalue weighted by atomic mass is 16.5. The Balaban J connectivity index is 1.94. The van der Waals surface area contributed by atoms with E-state index in [9.17, 15) is 9.90 Å². The van der Waals surface area contributed by atoms with E-state index in [4.69, 9.17) is 4.74 Å². The molecule has 3 aromatic carbocycles. The van der Waals surface area contributed by atoms with Gasteiger partial charge in [-0.05, 0) is 40.8 Å². The summed E-state index contributed by atoms with van der Waals surface area (Å²) in [4.78, 5) is 11.7. The summed E-state index contributed by atoms with van der Waals surface area (Å²) < 4.78 is 4.77. The molecule has 1 N–H and O–H groups in total. The number of methoxy groups -OCH3 is 1. The van der Waals surface area contributed by atoms with Crippen LogP contribution in [0.2, 0.25) is 0 Å². The van der Waals surface area contributed by atoms with Gasteiger partial charge in [0.25, 0.3) is 0 Å². The molecule has 148 valence electrons. The predicted molar refractivity (Wildman–Crippen MR) is 117 cm³/mol. The maximum Gasteiger partial charge on any atom is 0.337 e. The predicted octanol–water partition coefficient (Wildman–Crippen LogP) is 5.25. The van der Waals surface area contributed by atoms with Gasteiger partial charge in [0.1, 0.15) is 0 Å². The van der Waals surface area contributed by atoms with E-state index < -0.39 is 5.41 Å². The molecule has 1 unspecified atom stereocenters. The fourth-order valence-electron chi connectivity index (χ4n) is 3.37. The molecule has 3 aromatic rings. The Labute approximate surface area is 172 Å². The van der Waals surface area contributed by atoms with Crippen molar-refractivity contribution in [1.29, 1.82) is 0 Å². The first kappa shape index (κ1) is 20.6. The topological polar surface area (TPSA) is 46.5 Å². The Morgan fingerprint density at radius 1 is 0.862 bits per heavy atom. The van der Waals surface area contributed by atoms with Crippen LogP contribution < -0.4 is 0 Å². The lowest BCUT2D eigenvalue weighted by Crippen LogP contribution is -2.26. The zero-order valence-corrected chi connectivity index (χ0v) is 16.8. The summed E-state index contributed by atoms with van der Waals surface area (Å²) in [5.41, 5.74) is 4.42. The number of aliphatic hydroxyl groups is 1. The van der Waals surface area contributed by atoms with Gasteiger partial charge in [-0.15, -0.1) is 0 Å². The van der Waals surface area contributed by atoms with Crippen molar-refractivity contribution in [2.75, 3.05) is 13.7 Å². The fourth-order valence-corrected chi connectivity index (χ4v) is 3.37. The number of esters is 1. The van der Waals surface area contributed by atoms with Crippen molar-refractivity contribution in [3.8, 4) is 0 Å². The van der Waals surface area contributed by atoms with Gasteiger partial charge < -0.3 is 9.84 Å². The van der Waals surface area contributed by atoms with E-state index in [1.807, 2.05) is 55.5 Å². The molecule has 29 heavy (non-hydrogen) atoms. The summed E-state index contributed by atoms with van der Waals surface area (Å²) in [7, 11) is 1.37. The van der Waals surface area contributed by atoms with Crippen molar-refractivity contribution in [2.24, 2.45) is 0 Å². The minimum absolute atomic E-state index is 0.00205. The largest absolute Gasteiger partial charge is 0.465 e. The minimum atomic E-state index is -0.469. The molecule has 0 bridgehead atoms. The van der Waals surface area contributed by atoms with Crippen molar-refractivity contribution in [3.63, 3.8) is 0 Å². The molecule has 0 amide bonds. The van der Waals surface area contributed by atoms with Crippen LogP contribution in [0, 0.1) is 0 Å². The van der Waals surface area contributed by atoms with Gasteiger partial charge in [-0.1, -0.05) is 85.8 Å². The second kappa shape index (κ2) is 9.35. The van der Waals surface area contributed by atoms with Gasteiger partial charge >= 0.3 is 5.97 Å². The van der Waals surface area contributed by atoms with Gasteiger partial charge in [-0.25, -0.2) is 4.79 Å². The number of aliphatic hydroxyl groups excluding tert-OH is 1. The van der Waals surface area contributed by atoms with Crippen molar-refractivity contribution in [1.82, 2.24) is 0 Å². The molecular weight excluding hydrogens is 360 g/mol. The summed E-state index contributed by atoms with van der Waals surface area (Å²) in [6.45, 7) is 2.03. The SMILES string of the molecule is COC(=O)c1ccc(C(C)(CO)CC=C(c2ccccc2)c2ccccc2)cc1. The summed E-state index contributed by atoms with van der Waals surface area (Å²) in [6, 6.07) is 27.8. The van der Waals surface area contributed by atoms with Crippen LogP contribution >= 0.6 is 0 Å². The standard InChI is InChI=1S/C26H26O3/c1-26(19-27,23-15-13-22(14-16-23)25(28)29-2)18-17-24(20-9-5-3-6-10-20)21-11-7-4-8-12-21/h3-17,27H,18-19H2,1-2H3. The fraction of sp³-hybridized carbons (Fsp3) is 0.192. The van der Waals surface area contributed by atoms with E-state index >= 15 is 0 Å². The van der Waals surface area contributed by atoms with E-state index in [1.165, 1.54) is 7.11 Å². The second-order valence-corrected chi connectivity index (χ2v) is 7.34. The quantitative estimate of drug-likeness (QED) is 0.565. The van der Waals surface area contributed by atoms with E-state index in [0.717, 1.165) is 22.3 Å². The molecule has 3 heteroatoms. The van der Waals surface area contributed by atoms with Crippen molar-refractivity contribution in [3.05, 3.63) is 113 Å². The molecule has 0 heterocycles. The monoisotopic (exact) mass is 386 g/mol. The molecule has 1 atom stereocenters. The van der Waals surface area contributed by atoms with E-state index in [2.05, 4.69) is 30.3 Å². The average molecular weight is 386 g/mol. The number of hydrogen-bond donors (Lipinski definition) is 1. The van der Waals surface area contributed by atoms with E-state index in [-0.39, 0.29) is 12.6 Å². The summed E-state index contributed by atoms with van der Waals surface area (Å²) >= 11 is 0. The lowest BCUT2D eigenvalue weighted by atomic mass is 9.79. The first-order valence-corrected chi connectivity index (χ1v) is 9.68. The normalized spacial score (nSPS) is 12.7. The third kappa shape index (κ3) is 4.82. The molecule has 0 aliphatic carbocycles. The van der Waals surface area contributed by atoms with Gasteiger partial charge in [-0.3, -0.25) is 0 Å². The van der Waals surface area contributed by atoms with Gasteiger partial charge in [0.05, 0.1) is 19.3 Å². The highest BCUT2D eigenvalue weighted by Gasteiger charge is 2.25. The Morgan fingerprint density at radius 3 is 1.83 bits per heavy atom. The smallest absolute Gasteiger partial charge is 0.337 e. The minimum Gasteiger partial charge on any atom is -0.465 e. The van der Waals surface area contributed by atoms with Crippen LogP contribution in [0.5, 0.6) is 0 Å². The highest BCUT2D eigenvalue weighted by molar-refractivity contribution is 5.89. The van der Waals surface area contributed by atoms with Crippen LogP contribution in [0.3, 0.4) is 0 Å². The van der Waals surface area contributed by atoms with Crippen LogP contribution in [0.25, 0.3) is 5.57 Å². The van der Waals surface area contributed by atoms with E-state index in [0.29, 0.717) is 12.0 Å². The Bertz CT molecular complexity index is 918. The Morgan fingerprint density at radius 2 is 1.38 bits per heavy atom. The third-order valence-electron chi connectivity index (χ3n) is 5.28. The maximum absolute atomic E-state index is 11.7. The lowest BCUT2D eigenvalue weighted by Gasteiger charge is -2.27. The highest BCUT2D eigenvalue weighted by Crippen LogP contribution is 2.32. The van der Waals surface area contributed by atoms with Crippen molar-refractivity contribution >= 4 is 11.5 Å². The number of ether oxygens (including phenoxy) is 1. The number of carbonyl (C=O) groups excluding carboxylic acids is 1. The Hall–Kier alpha value is -3.17. The van der Waals surface area contributed by atoms with Crippen LogP contribution in [-0.4, -0.2) is 24.8 Å². The van der Waals surface area contributed by atoms with E-state index in [1.54, 1.807) is 12.1 Å². The van der Waals surface area contributed by atoms with Crippen LogP contribution in [0.15, 0.2) is 91.0 Å². The molecule has 0 spiro atoms. The summed E-state index contributed by atoms with van der Waals surface area (Å²) in [5.74, 6) is -0.363. The molecule has 3 rings (SSSR count). The molecule has 0 aromatic heterocycles. The zero-order valence-electron chi connectivity index (χ0n) is 16.8. The average Bonchev–Trinajstić information content (AvgIpc) is 2.80. The van der Waals surface area contributed by atoms with Crippen LogP contribution in [-0.2, 0) is 10.2 Å². The van der Waals surface area contributed by atoms with Gasteiger partial charge in [0.2, 0.25) is 0 Å². The second-order valence-electron chi connectivity index (χ2n) is 7.34. The molecular formula is C26H26O3. The first-order valence-electron chi connectivity index (χ1n) is 9.68. The molecule has 0 radical (unpaired) electrons. The molecule has 0 aliphatic rings. The summed E-state index contributed by atoms with van der Waals surface area (Å²) in [5, 5.41) is 10.2. The number of rotatable bonds is 7. The molecule has 0 saturated carbocycles. The molecule has 0 saturated heterocycles. The van der Waals surface area contributed by atoms with Gasteiger partial charge in [-0.2, -0.15) is 0 Å². The maximum atomic E-state index is 11.7. The van der Waals surface area contributed by atoms with Gasteiger partial charge in [0, 0.05) is 5.41 Å².